The summed E-state index contributed by atoms with van der Waals surface area (Å²) in [6.45, 7) is 0.0171. The number of rotatable bonds is 5. The number of ether oxygens (including phenoxy) is 1. The number of hydrogen-bond donors (Lipinski definition) is 2. The lowest BCUT2D eigenvalue weighted by molar-refractivity contribution is -0.117. The van der Waals surface area contributed by atoms with Crippen LogP contribution in [0.4, 0.5) is 0 Å². The number of nitrogens with one attached hydrogen (secondary N) is 2. The number of nitrogens with zero attached hydrogens (tertiary/aromatic N) is 4. The van der Waals surface area contributed by atoms with E-state index in [-0.39, 0.29) is 12.5 Å². The SMILES string of the molecule is COc1ccc(-c2n[nH]c(=S)n2CC(=O)Nn2cnc3ccccc32)cc1. The van der Waals surface area contributed by atoms with Crippen LogP contribution in [0.1, 0.15) is 0 Å². The number of methoxy groups -OCH3 is 1. The fourth-order valence-electron chi connectivity index (χ4n) is 2.79. The molecule has 2 aromatic carbocycles. The van der Waals surface area contributed by atoms with Crippen LogP contribution in [-0.2, 0) is 11.3 Å². The Morgan fingerprint density at radius 1 is 1.22 bits per heavy atom. The van der Waals surface area contributed by atoms with Crippen molar-refractivity contribution in [2.75, 3.05) is 12.5 Å². The predicted molar refractivity (Wildman–Crippen MR) is 104 cm³/mol. The molecule has 0 aliphatic carbocycles. The summed E-state index contributed by atoms with van der Waals surface area (Å²) in [6, 6.07) is 14.9. The van der Waals surface area contributed by atoms with Crippen LogP contribution in [-0.4, -0.2) is 37.4 Å². The normalized spacial score (nSPS) is 10.9. The predicted octanol–water partition coefficient (Wildman–Crippen LogP) is 2.74. The molecular formula is C18H16N6O2S. The van der Waals surface area contributed by atoms with E-state index in [9.17, 15) is 4.79 Å². The van der Waals surface area contributed by atoms with E-state index in [4.69, 9.17) is 17.0 Å². The average molecular weight is 380 g/mol. The molecule has 0 unspecified atom stereocenters. The molecule has 0 spiro atoms. The first kappa shape index (κ1) is 17.0. The van der Waals surface area contributed by atoms with Crippen molar-refractivity contribution in [3.8, 4) is 17.1 Å². The van der Waals surface area contributed by atoms with Gasteiger partial charge in [-0.15, -0.1) is 0 Å². The summed E-state index contributed by atoms with van der Waals surface area (Å²) < 4.78 is 8.77. The lowest BCUT2D eigenvalue weighted by atomic mass is 10.2. The molecule has 0 saturated carbocycles. The molecule has 0 aliphatic rings. The Balaban J connectivity index is 1.58. The quantitative estimate of drug-likeness (QED) is 0.520. The third-order valence-electron chi connectivity index (χ3n) is 4.11. The van der Waals surface area contributed by atoms with Crippen molar-refractivity contribution in [2.24, 2.45) is 0 Å². The number of imidazole rings is 1. The van der Waals surface area contributed by atoms with Crippen LogP contribution in [0.3, 0.4) is 0 Å². The second kappa shape index (κ2) is 7.04. The molecule has 27 heavy (non-hydrogen) atoms. The fraction of sp³-hybridized carbons (Fsp3) is 0.111. The zero-order valence-electron chi connectivity index (χ0n) is 14.4. The lowest BCUT2D eigenvalue weighted by Crippen LogP contribution is -2.26. The van der Waals surface area contributed by atoms with Gasteiger partial charge in [0, 0.05) is 5.56 Å². The van der Waals surface area contributed by atoms with Crippen molar-refractivity contribution >= 4 is 29.2 Å². The summed E-state index contributed by atoms with van der Waals surface area (Å²) in [5.41, 5.74) is 5.26. The van der Waals surface area contributed by atoms with E-state index in [2.05, 4.69) is 20.6 Å². The second-order valence-electron chi connectivity index (χ2n) is 5.81. The molecule has 4 rings (SSSR count). The van der Waals surface area contributed by atoms with Crippen LogP contribution in [0, 0.1) is 4.77 Å². The standard InChI is InChI=1S/C18H16N6O2S/c1-26-13-8-6-12(7-9-13)17-20-21-18(27)23(17)10-16(25)22-24-11-19-14-4-2-3-5-15(14)24/h2-9,11H,10H2,1H3,(H,21,27)(H,22,25). The van der Waals surface area contributed by atoms with Gasteiger partial charge in [-0.3, -0.25) is 19.9 Å². The summed E-state index contributed by atoms with van der Waals surface area (Å²) in [4.78, 5) is 16.8. The molecule has 0 aliphatic heterocycles. The van der Waals surface area contributed by atoms with Crippen LogP contribution < -0.4 is 10.2 Å². The highest BCUT2D eigenvalue weighted by atomic mass is 32.1. The molecule has 2 heterocycles. The smallest absolute Gasteiger partial charge is 0.258 e. The molecule has 0 bridgehead atoms. The van der Waals surface area contributed by atoms with Crippen LogP contribution >= 0.6 is 12.2 Å². The number of hydrogen-bond acceptors (Lipinski definition) is 5. The van der Waals surface area contributed by atoms with E-state index >= 15 is 0 Å². The third kappa shape index (κ3) is 3.32. The third-order valence-corrected chi connectivity index (χ3v) is 4.42. The van der Waals surface area contributed by atoms with E-state index in [0.717, 1.165) is 22.3 Å². The molecule has 4 aromatic rings. The largest absolute Gasteiger partial charge is 0.497 e. The van der Waals surface area contributed by atoms with Gasteiger partial charge in [0.05, 0.1) is 18.1 Å². The van der Waals surface area contributed by atoms with Crippen molar-refractivity contribution in [3.63, 3.8) is 0 Å². The number of carbonyl (C=O) groups excluding carboxylic acids is 1. The summed E-state index contributed by atoms with van der Waals surface area (Å²) in [6.07, 6.45) is 1.57. The number of carbonyl (C=O) groups is 1. The van der Waals surface area contributed by atoms with Crippen LogP contribution in [0.5, 0.6) is 5.75 Å². The summed E-state index contributed by atoms with van der Waals surface area (Å²) in [5, 5.41) is 6.99. The fourth-order valence-corrected chi connectivity index (χ4v) is 2.98. The van der Waals surface area contributed by atoms with Gasteiger partial charge in [-0.25, -0.2) is 9.66 Å². The minimum absolute atomic E-state index is 0.0171. The number of aromatic amines is 1. The Morgan fingerprint density at radius 2 is 2.00 bits per heavy atom. The highest BCUT2D eigenvalue weighted by Crippen LogP contribution is 2.21. The Hall–Kier alpha value is -3.46. The first-order chi connectivity index (χ1) is 13.2. The highest BCUT2D eigenvalue weighted by molar-refractivity contribution is 7.71. The zero-order chi connectivity index (χ0) is 18.8. The minimum atomic E-state index is -0.245. The Labute approximate surface area is 159 Å². The molecular weight excluding hydrogens is 364 g/mol. The number of fused-ring (bicyclic) bond motifs is 1. The van der Waals surface area contributed by atoms with Gasteiger partial charge in [-0.05, 0) is 48.6 Å². The van der Waals surface area contributed by atoms with Crippen molar-refractivity contribution < 1.29 is 9.53 Å². The Morgan fingerprint density at radius 3 is 2.78 bits per heavy atom. The van der Waals surface area contributed by atoms with Crippen LogP contribution in [0.25, 0.3) is 22.4 Å². The van der Waals surface area contributed by atoms with E-state index in [0.29, 0.717) is 10.6 Å². The maximum Gasteiger partial charge on any atom is 0.258 e. The molecule has 0 atom stereocenters. The first-order valence-corrected chi connectivity index (χ1v) is 8.58. The molecule has 0 fully saturated rings. The van der Waals surface area contributed by atoms with Gasteiger partial charge in [-0.2, -0.15) is 5.10 Å². The van der Waals surface area contributed by atoms with Gasteiger partial charge in [0.25, 0.3) is 5.91 Å². The monoisotopic (exact) mass is 380 g/mol. The second-order valence-corrected chi connectivity index (χ2v) is 6.19. The average Bonchev–Trinajstić information content (AvgIpc) is 3.26. The maximum absolute atomic E-state index is 12.6. The maximum atomic E-state index is 12.6. The summed E-state index contributed by atoms with van der Waals surface area (Å²) >= 11 is 5.29. The topological polar surface area (TPSA) is 89.8 Å². The van der Waals surface area contributed by atoms with Gasteiger partial charge in [-0.1, -0.05) is 12.1 Å². The van der Waals surface area contributed by atoms with Crippen molar-refractivity contribution in [2.45, 2.75) is 6.54 Å². The van der Waals surface area contributed by atoms with Gasteiger partial charge < -0.3 is 4.74 Å². The van der Waals surface area contributed by atoms with E-state index in [1.54, 1.807) is 22.7 Å². The number of H-pyrrole nitrogens is 1. The highest BCUT2D eigenvalue weighted by Gasteiger charge is 2.13. The lowest BCUT2D eigenvalue weighted by Gasteiger charge is -2.10. The van der Waals surface area contributed by atoms with Gasteiger partial charge in [0.2, 0.25) is 0 Å². The van der Waals surface area contributed by atoms with Crippen LogP contribution in [0.2, 0.25) is 0 Å². The molecule has 0 saturated heterocycles. The Bertz CT molecular complexity index is 1160. The van der Waals surface area contributed by atoms with E-state index < -0.39 is 0 Å². The molecule has 136 valence electrons. The molecule has 2 N–H and O–H groups in total. The van der Waals surface area contributed by atoms with Gasteiger partial charge in [0.1, 0.15) is 18.6 Å². The minimum Gasteiger partial charge on any atom is -0.497 e. The van der Waals surface area contributed by atoms with Gasteiger partial charge >= 0.3 is 0 Å². The number of aromatic nitrogens is 5. The van der Waals surface area contributed by atoms with Crippen molar-refractivity contribution in [1.29, 1.82) is 0 Å². The van der Waals surface area contributed by atoms with Crippen LogP contribution in [0.15, 0.2) is 54.9 Å². The molecule has 8 nitrogen and oxygen atoms in total. The van der Waals surface area contributed by atoms with Gasteiger partial charge in [0.15, 0.2) is 10.6 Å². The molecule has 1 amide bonds. The number of para-hydroxylation sites is 2. The summed E-state index contributed by atoms with van der Waals surface area (Å²) in [7, 11) is 1.61. The van der Waals surface area contributed by atoms with E-state index in [1.807, 2.05) is 48.5 Å². The van der Waals surface area contributed by atoms with E-state index in [1.165, 1.54) is 0 Å². The molecule has 9 heteroatoms. The summed E-state index contributed by atoms with van der Waals surface area (Å²) in [5.74, 6) is 1.07. The zero-order valence-corrected chi connectivity index (χ0v) is 15.2. The Kier molecular flexibility index (Phi) is 4.43. The number of amides is 1. The van der Waals surface area contributed by atoms with Crippen molar-refractivity contribution in [1.82, 2.24) is 24.4 Å². The molecule has 0 radical (unpaired) electrons. The van der Waals surface area contributed by atoms with Crippen molar-refractivity contribution in [3.05, 3.63) is 59.6 Å². The number of benzene rings is 2. The first-order valence-electron chi connectivity index (χ1n) is 8.17. The molecule has 2 aromatic heterocycles.